The average Bonchev–Trinajstić information content (AvgIpc) is 2.82. The van der Waals surface area contributed by atoms with E-state index in [9.17, 15) is 27.6 Å². The number of benzene rings is 2. The molecule has 1 fully saturated rings. The van der Waals surface area contributed by atoms with Crippen molar-refractivity contribution in [3.8, 4) is 0 Å². The Kier molecular flexibility index (Phi) is 8.19. The van der Waals surface area contributed by atoms with Gasteiger partial charge in [-0.15, -0.1) is 0 Å². The number of alkyl halides is 3. The van der Waals surface area contributed by atoms with Crippen LogP contribution in [0.1, 0.15) is 35.7 Å². The Morgan fingerprint density at radius 1 is 1.12 bits per heavy atom. The molecule has 1 aliphatic rings. The van der Waals surface area contributed by atoms with Crippen LogP contribution in [0.25, 0.3) is 0 Å². The van der Waals surface area contributed by atoms with E-state index in [1.807, 2.05) is 0 Å². The van der Waals surface area contributed by atoms with Gasteiger partial charge in [0, 0.05) is 30.2 Å². The van der Waals surface area contributed by atoms with E-state index in [0.29, 0.717) is 30.0 Å². The van der Waals surface area contributed by atoms with Gasteiger partial charge in [0.25, 0.3) is 5.91 Å². The molecule has 1 N–H and O–H groups in total. The van der Waals surface area contributed by atoms with Crippen molar-refractivity contribution in [1.29, 1.82) is 0 Å². The lowest BCUT2D eigenvalue weighted by molar-refractivity contribution is -0.140. The molecule has 6 nitrogen and oxygen atoms in total. The molecule has 182 valence electrons. The number of para-hydroxylation sites is 1. The molecule has 0 spiro atoms. The second-order valence-corrected chi connectivity index (χ2v) is 8.48. The standard InChI is InChI=1S/C24H25ClF3N3O3/c1-2-30(15-21(32)29-20-8-4-3-7-19(20)24(26,27)28)23(34)17-6-5-13-31(14-17)22(33)16-9-11-18(25)12-10-16/h3-4,7-12,17H,2,5-6,13-15H2,1H3,(H,29,32). The van der Waals surface area contributed by atoms with Gasteiger partial charge in [0.1, 0.15) is 0 Å². The molecule has 2 aromatic carbocycles. The van der Waals surface area contributed by atoms with E-state index in [-0.39, 0.29) is 37.1 Å². The Hall–Kier alpha value is -3.07. The summed E-state index contributed by atoms with van der Waals surface area (Å²) in [7, 11) is 0. The maximum Gasteiger partial charge on any atom is 0.418 e. The van der Waals surface area contributed by atoms with Crippen molar-refractivity contribution in [2.24, 2.45) is 5.92 Å². The summed E-state index contributed by atoms with van der Waals surface area (Å²) in [5.74, 6) is -1.74. The summed E-state index contributed by atoms with van der Waals surface area (Å²) < 4.78 is 39.6. The molecule has 3 amide bonds. The molecule has 3 rings (SSSR count). The van der Waals surface area contributed by atoms with Crippen LogP contribution < -0.4 is 5.32 Å². The van der Waals surface area contributed by atoms with E-state index >= 15 is 0 Å². The maximum atomic E-state index is 13.2. The lowest BCUT2D eigenvalue weighted by Crippen LogP contribution is -2.48. The molecule has 10 heteroatoms. The molecule has 1 heterocycles. The predicted molar refractivity (Wildman–Crippen MR) is 122 cm³/mol. The first-order chi connectivity index (χ1) is 16.1. The molecule has 1 aliphatic heterocycles. The molecular formula is C24H25ClF3N3O3. The molecule has 1 atom stereocenters. The molecule has 0 radical (unpaired) electrons. The molecule has 0 saturated carbocycles. The van der Waals surface area contributed by atoms with Crippen molar-refractivity contribution in [3.63, 3.8) is 0 Å². The van der Waals surface area contributed by atoms with Crippen LogP contribution in [0.2, 0.25) is 5.02 Å². The second kappa shape index (κ2) is 10.9. The maximum absolute atomic E-state index is 13.2. The fourth-order valence-electron chi connectivity index (χ4n) is 3.94. The van der Waals surface area contributed by atoms with Crippen LogP contribution in [0.4, 0.5) is 18.9 Å². The van der Waals surface area contributed by atoms with Gasteiger partial charge in [-0.2, -0.15) is 13.2 Å². The number of hydrogen-bond donors (Lipinski definition) is 1. The summed E-state index contributed by atoms with van der Waals surface area (Å²) in [6.45, 7) is 2.22. The van der Waals surface area contributed by atoms with Crippen molar-refractivity contribution < 1.29 is 27.6 Å². The lowest BCUT2D eigenvalue weighted by atomic mass is 9.95. The van der Waals surface area contributed by atoms with Gasteiger partial charge in [0.15, 0.2) is 0 Å². The predicted octanol–water partition coefficient (Wildman–Crippen LogP) is 4.70. The van der Waals surface area contributed by atoms with Crippen LogP contribution in [0.3, 0.4) is 0 Å². The molecule has 2 aromatic rings. The van der Waals surface area contributed by atoms with Crippen molar-refractivity contribution >= 4 is 35.0 Å². The third-order valence-corrected chi connectivity index (χ3v) is 5.94. The van der Waals surface area contributed by atoms with Gasteiger partial charge in [-0.05, 0) is 56.2 Å². The monoisotopic (exact) mass is 495 g/mol. The second-order valence-electron chi connectivity index (χ2n) is 8.04. The molecule has 0 bridgehead atoms. The highest BCUT2D eigenvalue weighted by atomic mass is 35.5. The third-order valence-electron chi connectivity index (χ3n) is 5.68. The van der Waals surface area contributed by atoms with Gasteiger partial charge in [-0.3, -0.25) is 14.4 Å². The smallest absolute Gasteiger partial charge is 0.338 e. The summed E-state index contributed by atoms with van der Waals surface area (Å²) in [4.78, 5) is 41.3. The number of nitrogens with one attached hydrogen (secondary N) is 1. The Morgan fingerprint density at radius 3 is 2.44 bits per heavy atom. The zero-order chi connectivity index (χ0) is 24.9. The fraction of sp³-hybridized carbons (Fsp3) is 0.375. The van der Waals surface area contributed by atoms with Gasteiger partial charge in [-0.1, -0.05) is 23.7 Å². The minimum atomic E-state index is -4.62. The summed E-state index contributed by atoms with van der Waals surface area (Å²) in [6, 6.07) is 11.2. The molecule has 1 saturated heterocycles. The molecule has 34 heavy (non-hydrogen) atoms. The normalized spacial score (nSPS) is 16.1. The van der Waals surface area contributed by atoms with E-state index in [0.717, 1.165) is 6.07 Å². The van der Waals surface area contributed by atoms with Crippen LogP contribution in [-0.4, -0.2) is 53.7 Å². The van der Waals surface area contributed by atoms with Crippen LogP contribution in [0.5, 0.6) is 0 Å². The number of rotatable bonds is 6. The number of halogens is 4. The summed E-state index contributed by atoms with van der Waals surface area (Å²) in [6.07, 6.45) is -3.44. The third kappa shape index (κ3) is 6.28. The van der Waals surface area contributed by atoms with Crippen molar-refractivity contribution in [2.45, 2.75) is 25.9 Å². The molecular weight excluding hydrogens is 471 g/mol. The van der Waals surface area contributed by atoms with E-state index in [1.54, 1.807) is 36.1 Å². The van der Waals surface area contributed by atoms with Gasteiger partial charge >= 0.3 is 6.18 Å². The van der Waals surface area contributed by atoms with Crippen molar-refractivity contribution in [1.82, 2.24) is 9.80 Å². The SMILES string of the molecule is CCN(CC(=O)Nc1ccccc1C(F)(F)F)C(=O)C1CCCN(C(=O)c2ccc(Cl)cc2)C1. The Labute approximate surface area is 200 Å². The number of nitrogens with zero attached hydrogens (tertiary/aromatic N) is 2. The van der Waals surface area contributed by atoms with Gasteiger partial charge in [0.05, 0.1) is 23.7 Å². The zero-order valence-corrected chi connectivity index (χ0v) is 19.3. The van der Waals surface area contributed by atoms with Gasteiger partial charge < -0.3 is 15.1 Å². The number of likely N-dealkylation sites (N-methyl/N-ethyl adjacent to an activating group) is 1. The first-order valence-electron chi connectivity index (χ1n) is 10.9. The lowest BCUT2D eigenvalue weighted by Gasteiger charge is -2.34. The summed E-state index contributed by atoms with van der Waals surface area (Å²) in [5, 5.41) is 2.78. The molecule has 1 unspecified atom stereocenters. The minimum absolute atomic E-state index is 0.203. The number of carbonyl (C=O) groups is 3. The highest BCUT2D eigenvalue weighted by Gasteiger charge is 2.34. The zero-order valence-electron chi connectivity index (χ0n) is 18.6. The Morgan fingerprint density at radius 2 is 1.79 bits per heavy atom. The van der Waals surface area contributed by atoms with E-state index in [1.165, 1.54) is 23.1 Å². The quantitative estimate of drug-likeness (QED) is 0.631. The molecule has 0 aliphatic carbocycles. The average molecular weight is 496 g/mol. The van der Waals surface area contributed by atoms with E-state index in [4.69, 9.17) is 11.6 Å². The Bertz CT molecular complexity index is 1040. The minimum Gasteiger partial charge on any atom is -0.338 e. The van der Waals surface area contributed by atoms with Gasteiger partial charge in [0.2, 0.25) is 11.8 Å². The number of hydrogen-bond acceptors (Lipinski definition) is 3. The topological polar surface area (TPSA) is 69.7 Å². The first kappa shape index (κ1) is 25.6. The van der Waals surface area contributed by atoms with Crippen molar-refractivity contribution in [3.05, 3.63) is 64.7 Å². The summed E-state index contributed by atoms with van der Waals surface area (Å²) >= 11 is 5.88. The van der Waals surface area contributed by atoms with Crippen LogP contribution in [0.15, 0.2) is 48.5 Å². The van der Waals surface area contributed by atoms with Crippen LogP contribution in [-0.2, 0) is 15.8 Å². The van der Waals surface area contributed by atoms with Gasteiger partial charge in [-0.25, -0.2) is 0 Å². The first-order valence-corrected chi connectivity index (χ1v) is 11.3. The largest absolute Gasteiger partial charge is 0.418 e. The van der Waals surface area contributed by atoms with Crippen LogP contribution in [0, 0.1) is 5.92 Å². The van der Waals surface area contributed by atoms with Crippen molar-refractivity contribution in [2.75, 3.05) is 31.5 Å². The number of amides is 3. The highest BCUT2D eigenvalue weighted by molar-refractivity contribution is 6.30. The summed E-state index contributed by atoms with van der Waals surface area (Å²) in [5.41, 5.74) is -0.852. The van der Waals surface area contributed by atoms with E-state index in [2.05, 4.69) is 5.32 Å². The number of carbonyl (C=O) groups excluding carboxylic acids is 3. The number of anilines is 1. The Balaban J connectivity index is 1.64. The van der Waals surface area contributed by atoms with Crippen LogP contribution >= 0.6 is 11.6 Å². The highest BCUT2D eigenvalue weighted by Crippen LogP contribution is 2.34. The van der Waals surface area contributed by atoms with E-state index < -0.39 is 23.6 Å². The number of likely N-dealkylation sites (tertiary alicyclic amines) is 1. The fourth-order valence-corrected chi connectivity index (χ4v) is 4.07. The molecule has 0 aromatic heterocycles. The number of piperidine rings is 1.